The molecule has 1 amide bonds. The minimum atomic E-state index is 0. The number of nitrogens with one attached hydrogen (secondary N) is 1. The molecule has 0 saturated carbocycles. The standard InChI is InChI=1S/C22H28ClN5O2.HI/c1-24-22(25-11-3-5-13-26-12-4-2-6-20(26)29)28-15-14-27(21(30)17-28)16-18-7-9-19(23)10-8-18;/h2,4,6-10,12H,3,5,11,13-17H2,1H3,(H,24,25);1H. The predicted octanol–water partition coefficient (Wildman–Crippen LogP) is 2.82. The van der Waals surface area contributed by atoms with E-state index in [0.717, 1.165) is 37.5 Å². The lowest BCUT2D eigenvalue weighted by Crippen LogP contribution is -2.55. The molecule has 3 rings (SSSR count). The Morgan fingerprint density at radius 2 is 1.87 bits per heavy atom. The van der Waals surface area contributed by atoms with Crippen LogP contribution in [0, 0.1) is 0 Å². The van der Waals surface area contributed by atoms with Gasteiger partial charge in [-0.15, -0.1) is 24.0 Å². The fourth-order valence-electron chi connectivity index (χ4n) is 3.45. The van der Waals surface area contributed by atoms with Crippen molar-refractivity contribution in [2.75, 3.05) is 33.2 Å². The summed E-state index contributed by atoms with van der Waals surface area (Å²) in [6.45, 7) is 3.73. The number of amides is 1. The summed E-state index contributed by atoms with van der Waals surface area (Å²) >= 11 is 5.93. The maximum Gasteiger partial charge on any atom is 0.250 e. The van der Waals surface area contributed by atoms with Gasteiger partial charge in [0.25, 0.3) is 0 Å². The molecule has 0 aliphatic carbocycles. The summed E-state index contributed by atoms with van der Waals surface area (Å²) in [5.74, 6) is 0.828. The van der Waals surface area contributed by atoms with Gasteiger partial charge in [0.1, 0.15) is 0 Å². The van der Waals surface area contributed by atoms with Gasteiger partial charge in [0.2, 0.25) is 11.5 Å². The number of aryl methyl sites for hydroxylation is 1. The van der Waals surface area contributed by atoms with E-state index in [-0.39, 0.29) is 35.4 Å². The number of benzene rings is 1. The van der Waals surface area contributed by atoms with Crippen molar-refractivity contribution >= 4 is 47.4 Å². The summed E-state index contributed by atoms with van der Waals surface area (Å²) in [4.78, 5) is 32.5. The first-order valence-electron chi connectivity index (χ1n) is 10.2. The van der Waals surface area contributed by atoms with Gasteiger partial charge in [-0.2, -0.15) is 0 Å². The lowest BCUT2D eigenvalue weighted by atomic mass is 10.2. The molecular weight excluding hydrogens is 529 g/mol. The number of pyridine rings is 1. The molecule has 0 unspecified atom stereocenters. The zero-order chi connectivity index (χ0) is 21.3. The van der Waals surface area contributed by atoms with Gasteiger partial charge < -0.3 is 19.7 Å². The van der Waals surface area contributed by atoms with Crippen LogP contribution in [0.5, 0.6) is 0 Å². The maximum atomic E-state index is 12.6. The second kappa shape index (κ2) is 12.7. The molecule has 7 nitrogen and oxygen atoms in total. The number of carbonyl (C=O) groups excluding carboxylic acids is 1. The molecule has 168 valence electrons. The number of aromatic nitrogens is 1. The molecule has 0 bridgehead atoms. The van der Waals surface area contributed by atoms with E-state index in [1.165, 1.54) is 0 Å². The summed E-state index contributed by atoms with van der Waals surface area (Å²) in [5, 5.41) is 4.03. The van der Waals surface area contributed by atoms with E-state index in [4.69, 9.17) is 11.6 Å². The van der Waals surface area contributed by atoms with E-state index in [1.807, 2.05) is 46.3 Å². The minimum absolute atomic E-state index is 0. The first kappa shape index (κ1) is 25.2. The minimum Gasteiger partial charge on any atom is -0.356 e. The highest BCUT2D eigenvalue weighted by Crippen LogP contribution is 2.13. The Hall–Kier alpha value is -2.07. The summed E-state index contributed by atoms with van der Waals surface area (Å²) in [5.41, 5.74) is 1.09. The largest absolute Gasteiger partial charge is 0.356 e. The molecule has 1 aliphatic rings. The van der Waals surface area contributed by atoms with Crippen molar-refractivity contribution in [1.82, 2.24) is 19.7 Å². The topological polar surface area (TPSA) is 69.9 Å². The van der Waals surface area contributed by atoms with Crippen molar-refractivity contribution in [3.8, 4) is 0 Å². The van der Waals surface area contributed by atoms with E-state index in [2.05, 4.69) is 10.3 Å². The van der Waals surface area contributed by atoms with Crippen LogP contribution in [0.4, 0.5) is 0 Å². The van der Waals surface area contributed by atoms with Crippen LogP contribution in [0.3, 0.4) is 0 Å². The number of halogens is 2. The third-order valence-electron chi connectivity index (χ3n) is 5.12. The van der Waals surface area contributed by atoms with Crippen LogP contribution in [0.15, 0.2) is 58.4 Å². The highest BCUT2D eigenvalue weighted by Gasteiger charge is 2.25. The monoisotopic (exact) mass is 557 g/mol. The first-order chi connectivity index (χ1) is 14.6. The Bertz CT molecular complexity index is 932. The lowest BCUT2D eigenvalue weighted by molar-refractivity contribution is -0.135. The van der Waals surface area contributed by atoms with Crippen LogP contribution >= 0.6 is 35.6 Å². The Kier molecular flexibility index (Phi) is 10.3. The van der Waals surface area contributed by atoms with Gasteiger partial charge in [-0.3, -0.25) is 14.6 Å². The fourth-order valence-corrected chi connectivity index (χ4v) is 3.58. The maximum absolute atomic E-state index is 12.6. The normalized spacial score (nSPS) is 14.4. The molecule has 1 aromatic heterocycles. The van der Waals surface area contributed by atoms with Crippen LogP contribution in [0.2, 0.25) is 5.02 Å². The number of unbranched alkanes of at least 4 members (excludes halogenated alkanes) is 1. The molecule has 2 aromatic rings. The van der Waals surface area contributed by atoms with E-state index in [1.54, 1.807) is 23.7 Å². The third kappa shape index (κ3) is 7.53. The fraction of sp³-hybridized carbons (Fsp3) is 0.409. The van der Waals surface area contributed by atoms with E-state index in [0.29, 0.717) is 31.2 Å². The summed E-state index contributed by atoms with van der Waals surface area (Å²) in [7, 11) is 1.73. The number of nitrogens with zero attached hydrogens (tertiary/aromatic N) is 4. The molecule has 1 aliphatic heterocycles. The number of rotatable bonds is 7. The van der Waals surface area contributed by atoms with Gasteiger partial charge in [0.05, 0.1) is 6.54 Å². The number of hydrogen-bond acceptors (Lipinski definition) is 3. The molecule has 31 heavy (non-hydrogen) atoms. The second-order valence-corrected chi connectivity index (χ2v) is 7.71. The number of aliphatic imine (C=N–C) groups is 1. The van der Waals surface area contributed by atoms with Crippen LogP contribution < -0.4 is 10.9 Å². The van der Waals surface area contributed by atoms with E-state index < -0.39 is 0 Å². The molecule has 0 spiro atoms. The number of hydrogen-bond donors (Lipinski definition) is 1. The quantitative estimate of drug-likeness (QED) is 0.246. The van der Waals surface area contributed by atoms with Crippen molar-refractivity contribution in [2.45, 2.75) is 25.9 Å². The third-order valence-corrected chi connectivity index (χ3v) is 5.38. The van der Waals surface area contributed by atoms with Crippen LogP contribution in [0.25, 0.3) is 0 Å². The van der Waals surface area contributed by atoms with Gasteiger partial charge in [-0.25, -0.2) is 0 Å². The number of piperazine rings is 1. The van der Waals surface area contributed by atoms with Crippen molar-refractivity contribution in [2.24, 2.45) is 4.99 Å². The van der Waals surface area contributed by atoms with Crippen molar-refractivity contribution < 1.29 is 4.79 Å². The molecule has 1 aromatic carbocycles. The highest BCUT2D eigenvalue weighted by molar-refractivity contribution is 14.0. The molecule has 1 saturated heterocycles. The van der Waals surface area contributed by atoms with Gasteiger partial charge in [0.15, 0.2) is 5.96 Å². The average Bonchev–Trinajstić information content (AvgIpc) is 2.75. The smallest absolute Gasteiger partial charge is 0.250 e. The Morgan fingerprint density at radius 3 is 2.55 bits per heavy atom. The summed E-state index contributed by atoms with van der Waals surface area (Å²) < 4.78 is 1.72. The summed E-state index contributed by atoms with van der Waals surface area (Å²) in [6, 6.07) is 12.8. The number of guanidine groups is 1. The Morgan fingerprint density at radius 1 is 1.10 bits per heavy atom. The highest BCUT2D eigenvalue weighted by atomic mass is 127. The number of carbonyl (C=O) groups is 1. The van der Waals surface area contributed by atoms with Gasteiger partial charge in [-0.1, -0.05) is 29.8 Å². The second-order valence-electron chi connectivity index (χ2n) is 7.28. The predicted molar refractivity (Wildman–Crippen MR) is 135 cm³/mol. The molecule has 0 atom stereocenters. The zero-order valence-corrected chi connectivity index (χ0v) is 20.8. The molecule has 9 heteroatoms. The van der Waals surface area contributed by atoms with E-state index in [9.17, 15) is 9.59 Å². The van der Waals surface area contributed by atoms with Crippen molar-refractivity contribution in [3.63, 3.8) is 0 Å². The van der Waals surface area contributed by atoms with Crippen LogP contribution in [-0.4, -0.2) is 59.5 Å². The molecular formula is C22H29ClIN5O2. The molecule has 2 heterocycles. The Labute approximate surface area is 205 Å². The van der Waals surface area contributed by atoms with Gasteiger partial charge in [-0.05, 0) is 36.6 Å². The van der Waals surface area contributed by atoms with Crippen LogP contribution in [0.1, 0.15) is 18.4 Å². The average molecular weight is 558 g/mol. The Balaban J connectivity index is 0.00000341. The van der Waals surface area contributed by atoms with Crippen molar-refractivity contribution in [3.05, 3.63) is 69.6 Å². The SMILES string of the molecule is CN=C(NCCCCn1ccccc1=O)N1CCN(Cc2ccc(Cl)cc2)C(=O)C1.I. The summed E-state index contributed by atoms with van der Waals surface area (Å²) in [6.07, 6.45) is 3.61. The zero-order valence-electron chi connectivity index (χ0n) is 17.7. The molecule has 0 radical (unpaired) electrons. The lowest BCUT2D eigenvalue weighted by Gasteiger charge is -2.36. The molecule has 1 fully saturated rings. The van der Waals surface area contributed by atoms with Crippen LogP contribution in [-0.2, 0) is 17.9 Å². The van der Waals surface area contributed by atoms with Gasteiger partial charge in [0, 0.05) is 57.1 Å². The van der Waals surface area contributed by atoms with E-state index >= 15 is 0 Å². The molecule has 1 N–H and O–H groups in total. The van der Waals surface area contributed by atoms with Gasteiger partial charge >= 0.3 is 0 Å². The first-order valence-corrected chi connectivity index (χ1v) is 10.6. The van der Waals surface area contributed by atoms with Crippen molar-refractivity contribution in [1.29, 1.82) is 0 Å².